The first kappa shape index (κ1) is 22.6. The Hall–Kier alpha value is -3.15. The number of sulfone groups is 1. The molecular weight excluding hydrogens is 456 g/mol. The number of imidazole rings is 1. The van der Waals surface area contributed by atoms with Crippen molar-refractivity contribution in [2.75, 3.05) is 24.2 Å². The Balaban J connectivity index is 1.43. The maximum Gasteiger partial charge on any atom is 0.245 e. The number of hydrogen-bond donors (Lipinski definition) is 1. The van der Waals surface area contributed by atoms with Crippen molar-refractivity contribution < 1.29 is 13.2 Å². The van der Waals surface area contributed by atoms with E-state index < -0.39 is 21.1 Å². The third-order valence-electron chi connectivity index (χ3n) is 6.83. The Morgan fingerprint density at radius 1 is 1.18 bits per heavy atom. The van der Waals surface area contributed by atoms with Gasteiger partial charge in [0.2, 0.25) is 5.91 Å². The van der Waals surface area contributed by atoms with E-state index in [1.54, 1.807) is 17.3 Å². The summed E-state index contributed by atoms with van der Waals surface area (Å²) in [5.41, 5.74) is 1.98. The Morgan fingerprint density at radius 3 is 2.62 bits per heavy atom. The van der Waals surface area contributed by atoms with E-state index in [1.807, 2.05) is 25.3 Å². The molecular formula is C22H28N8O3S. The number of hydrogen-bond acceptors (Lipinski definition) is 9. The van der Waals surface area contributed by atoms with E-state index in [9.17, 15) is 13.2 Å². The lowest BCUT2D eigenvalue weighted by Gasteiger charge is -2.24. The first-order valence-electron chi connectivity index (χ1n) is 11.6. The maximum atomic E-state index is 13.3. The first-order valence-corrected chi connectivity index (χ1v) is 13.3. The molecule has 3 aromatic rings. The third kappa shape index (κ3) is 3.79. The van der Waals surface area contributed by atoms with Crippen molar-refractivity contribution in [1.82, 2.24) is 34.4 Å². The smallest absolute Gasteiger partial charge is 0.245 e. The number of likely N-dealkylation sites (tertiary alicyclic amines) is 1. The molecule has 1 unspecified atom stereocenters. The number of carbonyl (C=O) groups excluding carboxylic acids is 1. The Kier molecular flexibility index (Phi) is 5.70. The van der Waals surface area contributed by atoms with Gasteiger partial charge in [0.05, 0.1) is 16.6 Å². The summed E-state index contributed by atoms with van der Waals surface area (Å²) in [5, 5.41) is 2.83. The van der Waals surface area contributed by atoms with Crippen molar-refractivity contribution in [2.24, 2.45) is 5.92 Å². The van der Waals surface area contributed by atoms with E-state index in [2.05, 4.69) is 25.3 Å². The van der Waals surface area contributed by atoms with E-state index in [1.165, 1.54) is 6.33 Å². The molecule has 1 N–H and O–H groups in total. The number of nitrogens with one attached hydrogen (secondary N) is 1. The lowest BCUT2D eigenvalue weighted by molar-refractivity contribution is -0.131. The summed E-state index contributed by atoms with van der Waals surface area (Å²) in [6.45, 7) is 7.14. The summed E-state index contributed by atoms with van der Waals surface area (Å²) in [5.74, 6) is 1.98. The predicted molar refractivity (Wildman–Crippen MR) is 127 cm³/mol. The van der Waals surface area contributed by atoms with Gasteiger partial charge in [-0.15, -0.1) is 0 Å². The number of anilines is 1. The van der Waals surface area contributed by atoms with Crippen molar-refractivity contribution in [3.8, 4) is 11.4 Å². The molecule has 3 atom stereocenters. The largest absolute Gasteiger partial charge is 0.356 e. The summed E-state index contributed by atoms with van der Waals surface area (Å²) in [4.78, 5) is 37.2. The van der Waals surface area contributed by atoms with Crippen molar-refractivity contribution in [3.05, 3.63) is 24.5 Å². The fraction of sp³-hybridized carbons (Fsp3) is 0.545. The van der Waals surface area contributed by atoms with E-state index >= 15 is 0 Å². The zero-order valence-electron chi connectivity index (χ0n) is 19.5. The van der Waals surface area contributed by atoms with Crippen LogP contribution in [0, 0.1) is 12.8 Å². The lowest BCUT2D eigenvalue weighted by atomic mass is 10.1. The van der Waals surface area contributed by atoms with Gasteiger partial charge in [-0.05, 0) is 32.6 Å². The second-order valence-corrected chi connectivity index (χ2v) is 11.2. The van der Waals surface area contributed by atoms with Gasteiger partial charge in [-0.1, -0.05) is 6.92 Å². The van der Waals surface area contributed by atoms with Gasteiger partial charge in [-0.2, -0.15) is 0 Å². The minimum atomic E-state index is -3.10. The summed E-state index contributed by atoms with van der Waals surface area (Å²) in [6, 6.07) is -0.544. The number of carbonyl (C=O) groups is 1. The molecule has 2 aliphatic heterocycles. The average molecular weight is 485 g/mol. The van der Waals surface area contributed by atoms with Crippen LogP contribution in [0.5, 0.6) is 0 Å². The number of aromatic nitrogens is 6. The molecule has 2 aliphatic rings. The van der Waals surface area contributed by atoms with Gasteiger partial charge in [-0.3, -0.25) is 4.79 Å². The summed E-state index contributed by atoms with van der Waals surface area (Å²) in [6.07, 6.45) is 6.07. The van der Waals surface area contributed by atoms with Crippen molar-refractivity contribution in [3.63, 3.8) is 0 Å². The second kappa shape index (κ2) is 8.57. The maximum absolute atomic E-state index is 13.3. The first-order chi connectivity index (χ1) is 16.3. The van der Waals surface area contributed by atoms with E-state index in [-0.39, 0.29) is 24.1 Å². The average Bonchev–Trinajstić information content (AvgIpc) is 3.50. The standard InChI is InChI=1S/C22H28N8O3S/c1-4-16(22(31)29-10-14-6-7-34(32,33)17(14)11-29)27-19-18-21(26-12-25-19)30(5-2)20(28-18)15-8-23-13(3)24-9-15/h8-9,12,14,16-17H,4-7,10-11H2,1-3H3,(H,25,26,27)/t14-,16?,17-/m0/s1. The molecule has 0 spiro atoms. The van der Waals surface area contributed by atoms with Gasteiger partial charge >= 0.3 is 0 Å². The molecule has 2 fully saturated rings. The van der Waals surface area contributed by atoms with Crippen molar-refractivity contribution >= 4 is 32.7 Å². The minimum absolute atomic E-state index is 0.0387. The second-order valence-electron chi connectivity index (χ2n) is 8.90. The molecule has 5 heterocycles. The minimum Gasteiger partial charge on any atom is -0.356 e. The molecule has 0 saturated carbocycles. The number of nitrogens with zero attached hydrogens (tertiary/aromatic N) is 7. The van der Waals surface area contributed by atoms with Crippen LogP contribution in [0.3, 0.4) is 0 Å². The summed E-state index contributed by atoms with van der Waals surface area (Å²) < 4.78 is 26.6. The highest BCUT2D eigenvalue weighted by Crippen LogP contribution is 2.34. The Labute approximate surface area is 198 Å². The van der Waals surface area contributed by atoms with Crippen molar-refractivity contribution in [2.45, 2.75) is 51.4 Å². The number of aryl methyl sites for hydroxylation is 2. The number of rotatable bonds is 6. The molecule has 2 saturated heterocycles. The van der Waals surface area contributed by atoms with Crippen LogP contribution in [-0.4, -0.2) is 78.8 Å². The molecule has 0 bridgehead atoms. The zero-order chi connectivity index (χ0) is 24.0. The van der Waals surface area contributed by atoms with Gasteiger partial charge in [-0.25, -0.2) is 33.3 Å². The van der Waals surface area contributed by atoms with Gasteiger partial charge in [0.15, 0.2) is 26.8 Å². The predicted octanol–water partition coefficient (Wildman–Crippen LogP) is 1.45. The summed E-state index contributed by atoms with van der Waals surface area (Å²) in [7, 11) is -3.10. The molecule has 0 radical (unpaired) electrons. The monoisotopic (exact) mass is 484 g/mol. The van der Waals surface area contributed by atoms with Crippen molar-refractivity contribution in [1.29, 1.82) is 0 Å². The number of amides is 1. The van der Waals surface area contributed by atoms with E-state index in [0.717, 1.165) is 5.56 Å². The van der Waals surface area contributed by atoms with Gasteiger partial charge in [0.25, 0.3) is 0 Å². The van der Waals surface area contributed by atoms with E-state index in [4.69, 9.17) is 4.98 Å². The lowest BCUT2D eigenvalue weighted by Crippen LogP contribution is -2.42. The van der Waals surface area contributed by atoms with Crippen LogP contribution in [0.1, 0.15) is 32.5 Å². The summed E-state index contributed by atoms with van der Waals surface area (Å²) >= 11 is 0. The van der Waals surface area contributed by atoms with Gasteiger partial charge in [0, 0.05) is 32.0 Å². The quantitative estimate of drug-likeness (QED) is 0.551. The molecule has 5 rings (SSSR count). The van der Waals surface area contributed by atoms with Crippen LogP contribution >= 0.6 is 0 Å². The molecule has 0 aliphatic carbocycles. The molecule has 12 heteroatoms. The van der Waals surface area contributed by atoms with Crippen LogP contribution in [-0.2, 0) is 21.2 Å². The van der Waals surface area contributed by atoms with Crippen LogP contribution in [0.4, 0.5) is 5.82 Å². The highest BCUT2D eigenvalue weighted by Gasteiger charge is 2.48. The normalized spacial score (nSPS) is 22.1. The third-order valence-corrected chi connectivity index (χ3v) is 9.09. The van der Waals surface area contributed by atoms with Crippen LogP contribution in [0.15, 0.2) is 18.7 Å². The highest BCUT2D eigenvalue weighted by atomic mass is 32.2. The molecule has 1 amide bonds. The van der Waals surface area contributed by atoms with Crippen LogP contribution < -0.4 is 5.32 Å². The zero-order valence-corrected chi connectivity index (χ0v) is 20.3. The molecule has 180 valence electrons. The van der Waals surface area contributed by atoms with E-state index in [0.29, 0.717) is 54.6 Å². The molecule has 11 nitrogen and oxygen atoms in total. The fourth-order valence-corrected chi connectivity index (χ4v) is 7.12. The molecule has 34 heavy (non-hydrogen) atoms. The van der Waals surface area contributed by atoms with Crippen LogP contribution in [0.25, 0.3) is 22.6 Å². The Morgan fingerprint density at radius 2 is 1.94 bits per heavy atom. The SMILES string of the molecule is CCC(Nc1ncnc2c1nc(-c1cnc(C)nc1)n2CC)C(=O)N1C[C@@H]2CCS(=O)(=O)[C@H]2C1. The van der Waals surface area contributed by atoms with Gasteiger partial charge in [0.1, 0.15) is 24.0 Å². The Bertz CT molecular complexity index is 1340. The van der Waals surface area contributed by atoms with Gasteiger partial charge < -0.3 is 14.8 Å². The topological polar surface area (TPSA) is 136 Å². The fourth-order valence-electron chi connectivity index (χ4n) is 4.97. The molecule has 3 aromatic heterocycles. The highest BCUT2D eigenvalue weighted by molar-refractivity contribution is 7.92. The molecule has 0 aromatic carbocycles. The number of fused-ring (bicyclic) bond motifs is 2. The van der Waals surface area contributed by atoms with Crippen LogP contribution in [0.2, 0.25) is 0 Å².